The number of nitrogens with one attached hydrogen (secondary N) is 1. The Morgan fingerprint density at radius 3 is 2.45 bits per heavy atom. The van der Waals surface area contributed by atoms with Gasteiger partial charge in [-0.3, -0.25) is 9.59 Å². The number of anilines is 1. The lowest BCUT2D eigenvalue weighted by Gasteiger charge is -2.15. The van der Waals surface area contributed by atoms with Gasteiger partial charge in [0.15, 0.2) is 0 Å². The number of hydrogen-bond acceptors (Lipinski definition) is 4. The molecular formula is C15H19F2NO3S. The van der Waals surface area contributed by atoms with E-state index in [0.717, 1.165) is 11.8 Å². The van der Waals surface area contributed by atoms with Gasteiger partial charge in [-0.2, -0.15) is 0 Å². The van der Waals surface area contributed by atoms with Gasteiger partial charge in [-0.05, 0) is 19.4 Å². The van der Waals surface area contributed by atoms with E-state index in [1.54, 1.807) is 20.8 Å². The van der Waals surface area contributed by atoms with E-state index in [2.05, 4.69) is 5.32 Å². The number of amides is 1. The Morgan fingerprint density at radius 1 is 1.23 bits per heavy atom. The first kappa shape index (κ1) is 18.4. The molecule has 4 nitrogen and oxygen atoms in total. The molecule has 1 aromatic carbocycles. The van der Waals surface area contributed by atoms with Crippen LogP contribution in [-0.2, 0) is 14.3 Å². The summed E-state index contributed by atoms with van der Waals surface area (Å²) >= 11 is 0.953. The SMILES string of the molecule is CCOC(=O)C(CC)Sc1cc(NC(=O)CC)c(F)cc1F. The molecule has 0 saturated carbocycles. The van der Waals surface area contributed by atoms with Crippen molar-refractivity contribution in [1.82, 2.24) is 0 Å². The number of benzene rings is 1. The number of ether oxygens (including phenoxy) is 1. The fourth-order valence-electron chi connectivity index (χ4n) is 1.64. The summed E-state index contributed by atoms with van der Waals surface area (Å²) in [6.07, 6.45) is 0.622. The van der Waals surface area contributed by atoms with Crippen LogP contribution in [0.5, 0.6) is 0 Å². The Balaban J connectivity index is 3.00. The summed E-state index contributed by atoms with van der Waals surface area (Å²) < 4.78 is 32.5. The minimum Gasteiger partial charge on any atom is -0.465 e. The molecule has 22 heavy (non-hydrogen) atoms. The molecule has 0 aliphatic heterocycles. The second-order valence-electron chi connectivity index (χ2n) is 4.43. The molecular weight excluding hydrogens is 312 g/mol. The van der Waals surface area contributed by atoms with Crippen molar-refractivity contribution in [2.45, 2.75) is 43.8 Å². The van der Waals surface area contributed by atoms with E-state index in [-0.39, 0.29) is 29.5 Å². The molecule has 0 spiro atoms. The average Bonchev–Trinajstić information content (AvgIpc) is 2.48. The molecule has 1 aromatic rings. The van der Waals surface area contributed by atoms with Crippen LogP contribution in [0.1, 0.15) is 33.6 Å². The average molecular weight is 331 g/mol. The molecule has 0 radical (unpaired) electrons. The Kier molecular flexibility index (Phi) is 7.31. The Morgan fingerprint density at radius 2 is 1.91 bits per heavy atom. The van der Waals surface area contributed by atoms with Gasteiger partial charge in [-0.25, -0.2) is 8.78 Å². The van der Waals surface area contributed by atoms with Crippen molar-refractivity contribution in [2.75, 3.05) is 11.9 Å². The number of carbonyl (C=O) groups excluding carboxylic acids is 2. The smallest absolute Gasteiger partial charge is 0.319 e. The van der Waals surface area contributed by atoms with Gasteiger partial charge in [0.05, 0.1) is 12.3 Å². The normalized spacial score (nSPS) is 11.9. The fraction of sp³-hybridized carbons (Fsp3) is 0.467. The highest BCUT2D eigenvalue weighted by molar-refractivity contribution is 8.00. The number of carbonyl (C=O) groups is 2. The number of rotatable bonds is 7. The molecule has 0 fully saturated rings. The third-order valence-electron chi connectivity index (χ3n) is 2.81. The van der Waals surface area contributed by atoms with E-state index in [1.165, 1.54) is 6.07 Å². The maximum absolute atomic E-state index is 13.9. The molecule has 1 rings (SSSR count). The molecule has 1 atom stereocenters. The summed E-state index contributed by atoms with van der Waals surface area (Å²) in [5.41, 5.74) is -0.102. The summed E-state index contributed by atoms with van der Waals surface area (Å²) in [5.74, 6) is -2.45. The first-order valence-corrected chi connectivity index (χ1v) is 7.92. The van der Waals surface area contributed by atoms with Gasteiger partial charge < -0.3 is 10.1 Å². The zero-order valence-corrected chi connectivity index (χ0v) is 13.6. The van der Waals surface area contributed by atoms with Crippen molar-refractivity contribution >= 4 is 29.3 Å². The van der Waals surface area contributed by atoms with Gasteiger partial charge in [-0.15, -0.1) is 11.8 Å². The fourth-order valence-corrected chi connectivity index (χ4v) is 2.64. The molecule has 0 bridgehead atoms. The topological polar surface area (TPSA) is 55.4 Å². The molecule has 0 aromatic heterocycles. The van der Waals surface area contributed by atoms with Gasteiger partial charge in [0.1, 0.15) is 16.9 Å². The van der Waals surface area contributed by atoms with Crippen LogP contribution in [0.2, 0.25) is 0 Å². The minimum atomic E-state index is -0.854. The Labute approximate surface area is 132 Å². The first-order valence-electron chi connectivity index (χ1n) is 7.05. The molecule has 0 saturated heterocycles. The summed E-state index contributed by atoms with van der Waals surface area (Å²) in [7, 11) is 0. The lowest BCUT2D eigenvalue weighted by Crippen LogP contribution is -2.19. The van der Waals surface area contributed by atoms with Gasteiger partial charge in [-0.1, -0.05) is 13.8 Å². The predicted molar refractivity (Wildman–Crippen MR) is 81.8 cm³/mol. The molecule has 122 valence electrons. The van der Waals surface area contributed by atoms with Crippen LogP contribution in [0.15, 0.2) is 17.0 Å². The number of esters is 1. The minimum absolute atomic E-state index is 0.0905. The first-order chi connectivity index (χ1) is 10.4. The van der Waals surface area contributed by atoms with E-state index >= 15 is 0 Å². The standard InChI is InChI=1S/C15H19F2NO3S/c1-4-12(15(20)21-6-3)22-13-8-11(18-14(19)5-2)9(16)7-10(13)17/h7-8,12H,4-6H2,1-3H3,(H,18,19). The molecule has 1 N–H and O–H groups in total. The van der Waals surface area contributed by atoms with E-state index in [1.807, 2.05) is 0 Å². The third-order valence-corrected chi connectivity index (χ3v) is 4.18. The van der Waals surface area contributed by atoms with Crippen LogP contribution < -0.4 is 5.32 Å². The van der Waals surface area contributed by atoms with Crippen LogP contribution in [-0.4, -0.2) is 23.7 Å². The maximum atomic E-state index is 13.9. The second-order valence-corrected chi connectivity index (χ2v) is 5.68. The Bertz CT molecular complexity index is 552. The quantitative estimate of drug-likeness (QED) is 0.611. The summed E-state index contributed by atoms with van der Waals surface area (Å²) in [6, 6.07) is 1.90. The molecule has 7 heteroatoms. The lowest BCUT2D eigenvalue weighted by atomic mass is 10.3. The molecule has 0 aliphatic carbocycles. The lowest BCUT2D eigenvalue weighted by molar-refractivity contribution is -0.142. The monoisotopic (exact) mass is 331 g/mol. The maximum Gasteiger partial charge on any atom is 0.319 e. The molecule has 1 amide bonds. The highest BCUT2D eigenvalue weighted by Crippen LogP contribution is 2.32. The van der Waals surface area contributed by atoms with Gasteiger partial charge in [0.2, 0.25) is 5.91 Å². The highest BCUT2D eigenvalue weighted by Gasteiger charge is 2.22. The zero-order valence-electron chi connectivity index (χ0n) is 12.7. The van der Waals surface area contributed by atoms with Crippen molar-refractivity contribution in [3.05, 3.63) is 23.8 Å². The molecule has 0 aliphatic rings. The van der Waals surface area contributed by atoms with Crippen molar-refractivity contribution in [3.63, 3.8) is 0 Å². The second kappa shape index (κ2) is 8.73. The summed E-state index contributed by atoms with van der Waals surface area (Å²) in [5, 5.41) is 1.77. The number of halogens is 2. The largest absolute Gasteiger partial charge is 0.465 e. The highest BCUT2D eigenvalue weighted by atomic mass is 32.2. The van der Waals surface area contributed by atoms with Gasteiger partial charge >= 0.3 is 5.97 Å². The predicted octanol–water partition coefficient (Wildman–Crippen LogP) is 3.75. The zero-order chi connectivity index (χ0) is 16.7. The van der Waals surface area contributed by atoms with Crippen LogP contribution in [0.25, 0.3) is 0 Å². The van der Waals surface area contributed by atoms with Crippen molar-refractivity contribution in [1.29, 1.82) is 0 Å². The summed E-state index contributed by atoms with van der Waals surface area (Å²) in [4.78, 5) is 23.2. The third kappa shape index (κ3) is 4.98. The van der Waals surface area contributed by atoms with Gasteiger partial charge in [0.25, 0.3) is 0 Å². The van der Waals surface area contributed by atoms with E-state index in [9.17, 15) is 18.4 Å². The van der Waals surface area contributed by atoms with Crippen LogP contribution in [0.3, 0.4) is 0 Å². The van der Waals surface area contributed by atoms with E-state index in [4.69, 9.17) is 4.74 Å². The van der Waals surface area contributed by atoms with Crippen LogP contribution >= 0.6 is 11.8 Å². The molecule has 0 heterocycles. The summed E-state index contributed by atoms with van der Waals surface area (Å²) in [6.45, 7) is 5.32. The Hall–Kier alpha value is -1.63. The molecule has 1 unspecified atom stereocenters. The van der Waals surface area contributed by atoms with E-state index in [0.29, 0.717) is 12.5 Å². The van der Waals surface area contributed by atoms with Crippen LogP contribution in [0.4, 0.5) is 14.5 Å². The van der Waals surface area contributed by atoms with Gasteiger partial charge in [0, 0.05) is 17.4 Å². The van der Waals surface area contributed by atoms with E-state index < -0.39 is 22.9 Å². The van der Waals surface area contributed by atoms with Crippen LogP contribution in [0, 0.1) is 11.6 Å². The number of hydrogen-bond donors (Lipinski definition) is 1. The van der Waals surface area contributed by atoms with Crippen molar-refractivity contribution in [2.24, 2.45) is 0 Å². The van der Waals surface area contributed by atoms with Crippen molar-refractivity contribution < 1.29 is 23.1 Å². The van der Waals surface area contributed by atoms with Crippen molar-refractivity contribution in [3.8, 4) is 0 Å². The number of thioether (sulfide) groups is 1.